The van der Waals surface area contributed by atoms with E-state index in [1.165, 1.54) is 22.1 Å². The molecule has 2 aromatic rings. The summed E-state index contributed by atoms with van der Waals surface area (Å²) >= 11 is 4.41. The van der Waals surface area contributed by atoms with E-state index < -0.39 is 7.26 Å². The van der Waals surface area contributed by atoms with E-state index in [9.17, 15) is 0 Å². The molecular formula is C21H28PS2+. The molecule has 1 aliphatic heterocycles. The third-order valence-corrected chi connectivity index (χ3v) is 14.7. The quantitative estimate of drug-likeness (QED) is 0.630. The van der Waals surface area contributed by atoms with Crippen LogP contribution in [0.5, 0.6) is 0 Å². The SMILES string of the molecule is CC(C)(C)C1CSC([P+](C)(c2ccccc2)c2ccccc2)SC1. The van der Waals surface area contributed by atoms with Gasteiger partial charge < -0.3 is 0 Å². The van der Waals surface area contributed by atoms with E-state index in [1.54, 1.807) is 0 Å². The minimum Gasteiger partial charge on any atom is -0.106 e. The summed E-state index contributed by atoms with van der Waals surface area (Å²) in [6.45, 7) is 9.71. The van der Waals surface area contributed by atoms with Crippen molar-refractivity contribution < 1.29 is 0 Å². The summed E-state index contributed by atoms with van der Waals surface area (Å²) in [6.07, 6.45) is 0. The molecular weight excluding hydrogens is 347 g/mol. The summed E-state index contributed by atoms with van der Waals surface area (Å²) in [5.74, 6) is 3.39. The Morgan fingerprint density at radius 1 is 0.792 bits per heavy atom. The van der Waals surface area contributed by atoms with Gasteiger partial charge in [-0.3, -0.25) is 0 Å². The van der Waals surface area contributed by atoms with Crippen LogP contribution in [0.2, 0.25) is 0 Å². The largest absolute Gasteiger partial charge is 0.169 e. The molecule has 1 saturated heterocycles. The van der Waals surface area contributed by atoms with Crippen molar-refractivity contribution in [2.24, 2.45) is 11.3 Å². The second kappa shape index (κ2) is 7.44. The van der Waals surface area contributed by atoms with E-state index >= 15 is 0 Å². The van der Waals surface area contributed by atoms with Crippen LogP contribution in [0.25, 0.3) is 0 Å². The highest BCUT2D eigenvalue weighted by Crippen LogP contribution is 2.66. The lowest BCUT2D eigenvalue weighted by atomic mass is 9.83. The Kier molecular flexibility index (Phi) is 5.69. The van der Waals surface area contributed by atoms with Crippen LogP contribution in [-0.4, -0.2) is 22.5 Å². The average Bonchev–Trinajstić information content (AvgIpc) is 2.62. The maximum atomic E-state index is 2.54. The molecule has 0 amide bonds. The standard InChI is InChI=1S/C21H28PS2/c1-21(2,3)17-15-23-20(24-16-17)22(4,18-11-7-5-8-12-18)19-13-9-6-10-14-19/h5-14,17,20H,15-16H2,1-4H3/q+1. The molecule has 0 radical (unpaired) electrons. The summed E-state index contributed by atoms with van der Waals surface area (Å²) in [5, 5.41) is 3.07. The fraction of sp³-hybridized carbons (Fsp3) is 0.429. The van der Waals surface area contributed by atoms with Gasteiger partial charge in [0.1, 0.15) is 10.6 Å². The molecule has 2 aromatic carbocycles. The normalized spacial score (nSPS) is 22.3. The highest BCUT2D eigenvalue weighted by atomic mass is 32.2. The fourth-order valence-electron chi connectivity index (χ4n) is 3.16. The van der Waals surface area contributed by atoms with Gasteiger partial charge in [0.15, 0.2) is 4.32 Å². The molecule has 0 aromatic heterocycles. The molecule has 0 spiro atoms. The van der Waals surface area contributed by atoms with Crippen molar-refractivity contribution in [3.63, 3.8) is 0 Å². The van der Waals surface area contributed by atoms with Gasteiger partial charge in [-0.25, -0.2) is 0 Å². The number of hydrogen-bond acceptors (Lipinski definition) is 2. The Balaban J connectivity index is 1.93. The molecule has 0 aliphatic carbocycles. The predicted molar refractivity (Wildman–Crippen MR) is 117 cm³/mol. The average molecular weight is 376 g/mol. The lowest BCUT2D eigenvalue weighted by molar-refractivity contribution is 0.293. The van der Waals surface area contributed by atoms with Gasteiger partial charge in [0.2, 0.25) is 0 Å². The molecule has 0 atom stereocenters. The van der Waals surface area contributed by atoms with Crippen molar-refractivity contribution in [3.8, 4) is 0 Å². The van der Waals surface area contributed by atoms with E-state index in [-0.39, 0.29) is 0 Å². The summed E-state index contributed by atoms with van der Waals surface area (Å²) in [4.78, 5) is 0. The van der Waals surface area contributed by atoms with Gasteiger partial charge in [-0.2, -0.15) is 0 Å². The van der Waals surface area contributed by atoms with Gasteiger partial charge >= 0.3 is 0 Å². The second-order valence-corrected chi connectivity index (χ2v) is 14.8. The summed E-state index contributed by atoms with van der Waals surface area (Å²) in [7, 11) is -1.40. The highest BCUT2D eigenvalue weighted by molar-refractivity contribution is 8.28. The minimum absolute atomic E-state index is 0.416. The number of benzene rings is 2. The van der Waals surface area contributed by atoms with Crippen LogP contribution >= 0.6 is 30.8 Å². The van der Waals surface area contributed by atoms with Gasteiger partial charge in [0.25, 0.3) is 0 Å². The first-order chi connectivity index (χ1) is 11.4. The monoisotopic (exact) mass is 375 g/mol. The maximum absolute atomic E-state index is 2.54. The number of hydrogen-bond donors (Lipinski definition) is 0. The van der Waals surface area contributed by atoms with Crippen LogP contribution in [0.3, 0.4) is 0 Å². The van der Waals surface area contributed by atoms with E-state index in [4.69, 9.17) is 0 Å². The van der Waals surface area contributed by atoms with Crippen LogP contribution in [-0.2, 0) is 0 Å². The van der Waals surface area contributed by atoms with Gasteiger partial charge in [-0.15, -0.1) is 23.5 Å². The summed E-state index contributed by atoms with van der Waals surface area (Å²) < 4.78 is 0.667. The first kappa shape index (κ1) is 18.4. The molecule has 1 fully saturated rings. The van der Waals surface area contributed by atoms with Gasteiger partial charge in [-0.1, -0.05) is 57.2 Å². The number of rotatable bonds is 3. The lowest BCUT2D eigenvalue weighted by Crippen LogP contribution is -2.34. The molecule has 0 bridgehead atoms. The van der Waals surface area contributed by atoms with Gasteiger partial charge in [-0.05, 0) is 35.6 Å². The molecule has 0 N–H and O–H groups in total. The molecule has 24 heavy (non-hydrogen) atoms. The third-order valence-electron chi connectivity index (χ3n) is 5.11. The van der Waals surface area contributed by atoms with Gasteiger partial charge in [0, 0.05) is 11.5 Å². The number of thioether (sulfide) groups is 2. The molecule has 3 rings (SSSR count). The van der Waals surface area contributed by atoms with Crippen molar-refractivity contribution in [1.82, 2.24) is 0 Å². The van der Waals surface area contributed by atoms with Crippen LogP contribution in [0.15, 0.2) is 60.7 Å². The second-order valence-electron chi connectivity index (χ2n) is 7.78. The van der Waals surface area contributed by atoms with E-state index in [1.807, 2.05) is 0 Å². The van der Waals surface area contributed by atoms with Crippen molar-refractivity contribution in [2.45, 2.75) is 25.1 Å². The van der Waals surface area contributed by atoms with E-state index in [2.05, 4.69) is 112 Å². The lowest BCUT2D eigenvalue weighted by Gasteiger charge is -2.39. The Bertz CT molecular complexity index is 601. The molecule has 0 unspecified atom stereocenters. The molecule has 0 nitrogen and oxygen atoms in total. The Morgan fingerprint density at radius 2 is 1.21 bits per heavy atom. The van der Waals surface area contributed by atoms with Crippen molar-refractivity contribution in [2.75, 3.05) is 18.2 Å². The van der Waals surface area contributed by atoms with Crippen LogP contribution in [0, 0.1) is 11.3 Å². The van der Waals surface area contributed by atoms with Crippen molar-refractivity contribution >= 4 is 41.4 Å². The Hall–Kier alpha value is -0.430. The molecule has 128 valence electrons. The fourth-order valence-corrected chi connectivity index (χ4v) is 12.9. The molecule has 1 heterocycles. The third kappa shape index (κ3) is 3.71. The zero-order valence-electron chi connectivity index (χ0n) is 15.1. The minimum atomic E-state index is -1.40. The van der Waals surface area contributed by atoms with Crippen LogP contribution in [0.1, 0.15) is 20.8 Å². The first-order valence-electron chi connectivity index (χ1n) is 8.63. The van der Waals surface area contributed by atoms with Gasteiger partial charge in [0.05, 0.1) is 13.9 Å². The summed E-state index contributed by atoms with van der Waals surface area (Å²) in [6, 6.07) is 22.5. The van der Waals surface area contributed by atoms with Crippen LogP contribution < -0.4 is 10.6 Å². The Labute approximate surface area is 156 Å². The zero-order chi connectivity index (χ0) is 17.2. The topological polar surface area (TPSA) is 0 Å². The predicted octanol–water partition coefficient (Wildman–Crippen LogP) is 5.71. The molecule has 3 heteroatoms. The van der Waals surface area contributed by atoms with Crippen molar-refractivity contribution in [3.05, 3.63) is 60.7 Å². The summed E-state index contributed by atoms with van der Waals surface area (Å²) in [5.41, 5.74) is 0.416. The van der Waals surface area contributed by atoms with Crippen molar-refractivity contribution in [1.29, 1.82) is 0 Å². The smallest absolute Gasteiger partial charge is 0.106 e. The van der Waals surface area contributed by atoms with Crippen LogP contribution in [0.4, 0.5) is 0 Å². The zero-order valence-corrected chi connectivity index (χ0v) is 17.6. The van der Waals surface area contributed by atoms with E-state index in [0.717, 1.165) is 5.92 Å². The highest BCUT2D eigenvalue weighted by Gasteiger charge is 2.49. The van der Waals surface area contributed by atoms with E-state index in [0.29, 0.717) is 9.74 Å². The first-order valence-corrected chi connectivity index (χ1v) is 13.0. The molecule has 1 aliphatic rings. The Morgan fingerprint density at radius 3 is 1.58 bits per heavy atom. The maximum Gasteiger partial charge on any atom is 0.169 e. The molecule has 0 saturated carbocycles.